The Morgan fingerprint density at radius 1 is 1.20 bits per heavy atom. The van der Waals surface area contributed by atoms with E-state index in [4.69, 9.17) is 0 Å². The van der Waals surface area contributed by atoms with Gasteiger partial charge in [0.2, 0.25) is 0 Å². The lowest BCUT2D eigenvalue weighted by atomic mass is 10.0. The molecule has 20 heavy (non-hydrogen) atoms. The van der Waals surface area contributed by atoms with Gasteiger partial charge in [0.15, 0.2) is 0 Å². The number of aliphatic hydroxyl groups excluding tert-OH is 1. The summed E-state index contributed by atoms with van der Waals surface area (Å²) in [5, 5.41) is 14.5. The molecule has 1 unspecified atom stereocenters. The quantitative estimate of drug-likeness (QED) is 0.934. The van der Waals surface area contributed by atoms with Gasteiger partial charge in [0.05, 0.1) is 11.8 Å². The summed E-state index contributed by atoms with van der Waals surface area (Å²) in [6.07, 6.45) is -0.771. The molecule has 1 heterocycles. The molecule has 0 saturated heterocycles. The van der Waals surface area contributed by atoms with Crippen LogP contribution in [0.5, 0.6) is 0 Å². The maximum absolute atomic E-state index is 13.7. The Hall–Kier alpha value is -1.75. The van der Waals surface area contributed by atoms with Crippen molar-refractivity contribution in [3.63, 3.8) is 0 Å². The first-order chi connectivity index (χ1) is 9.42. The van der Waals surface area contributed by atoms with Crippen LogP contribution in [0.1, 0.15) is 35.5 Å². The first kappa shape index (κ1) is 14.7. The minimum Gasteiger partial charge on any atom is -0.388 e. The van der Waals surface area contributed by atoms with Gasteiger partial charge in [0.25, 0.3) is 0 Å². The number of nitrogens with zero attached hydrogens (tertiary/aromatic N) is 2. The van der Waals surface area contributed by atoms with Crippen molar-refractivity contribution in [2.24, 2.45) is 0 Å². The van der Waals surface area contributed by atoms with Crippen LogP contribution in [0.25, 0.3) is 0 Å². The van der Waals surface area contributed by atoms with Gasteiger partial charge in [-0.2, -0.15) is 5.10 Å². The highest BCUT2D eigenvalue weighted by Crippen LogP contribution is 2.24. The normalized spacial score (nSPS) is 12.7. The van der Waals surface area contributed by atoms with Crippen LogP contribution >= 0.6 is 0 Å². The first-order valence-electron chi connectivity index (χ1n) is 6.59. The van der Waals surface area contributed by atoms with E-state index in [0.29, 0.717) is 12.1 Å². The smallest absolute Gasteiger partial charge is 0.131 e. The molecule has 0 radical (unpaired) electrons. The monoisotopic (exact) mass is 280 g/mol. The van der Waals surface area contributed by atoms with Gasteiger partial charge in [0.1, 0.15) is 11.6 Å². The molecule has 0 spiro atoms. The summed E-state index contributed by atoms with van der Waals surface area (Å²) < 4.78 is 28.8. The van der Waals surface area contributed by atoms with E-state index in [2.05, 4.69) is 5.10 Å². The molecular weight excluding hydrogens is 262 g/mol. The third-order valence-corrected chi connectivity index (χ3v) is 3.32. The summed E-state index contributed by atoms with van der Waals surface area (Å²) in [6, 6.07) is 4.03. The summed E-state index contributed by atoms with van der Waals surface area (Å²) in [7, 11) is 0. The molecule has 1 aromatic carbocycles. The molecule has 0 saturated carbocycles. The molecule has 0 amide bonds. The van der Waals surface area contributed by atoms with Crippen LogP contribution in [-0.4, -0.2) is 14.9 Å². The summed E-state index contributed by atoms with van der Waals surface area (Å²) in [5.41, 5.74) is 2.12. The van der Waals surface area contributed by atoms with E-state index in [9.17, 15) is 13.9 Å². The van der Waals surface area contributed by atoms with Gasteiger partial charge < -0.3 is 5.11 Å². The summed E-state index contributed by atoms with van der Waals surface area (Å²) in [5.74, 6) is -1.33. The van der Waals surface area contributed by atoms with Crippen LogP contribution in [0.2, 0.25) is 0 Å². The minimum absolute atomic E-state index is 0.116. The van der Waals surface area contributed by atoms with Crippen molar-refractivity contribution in [1.82, 2.24) is 9.78 Å². The fourth-order valence-corrected chi connectivity index (χ4v) is 2.28. The number of halogens is 2. The van der Waals surface area contributed by atoms with E-state index >= 15 is 0 Å². The second-order valence-electron chi connectivity index (χ2n) is 4.94. The van der Waals surface area contributed by atoms with Gasteiger partial charge in [-0.05, 0) is 38.5 Å². The van der Waals surface area contributed by atoms with Crippen molar-refractivity contribution in [2.45, 2.75) is 39.8 Å². The molecule has 1 aromatic heterocycles. The number of aliphatic hydroxyl groups is 1. The molecule has 0 bridgehead atoms. The van der Waals surface area contributed by atoms with Crippen molar-refractivity contribution in [3.8, 4) is 0 Å². The predicted octanol–water partition coefficient (Wildman–Crippen LogP) is 3.07. The van der Waals surface area contributed by atoms with E-state index in [1.165, 1.54) is 6.07 Å². The molecule has 0 fully saturated rings. The van der Waals surface area contributed by atoms with Crippen LogP contribution < -0.4 is 0 Å². The third-order valence-electron chi connectivity index (χ3n) is 3.32. The van der Waals surface area contributed by atoms with Crippen LogP contribution in [0.4, 0.5) is 8.78 Å². The Kier molecular flexibility index (Phi) is 4.18. The van der Waals surface area contributed by atoms with Crippen LogP contribution in [0.3, 0.4) is 0 Å². The molecule has 3 nitrogen and oxygen atoms in total. The van der Waals surface area contributed by atoms with Crippen molar-refractivity contribution in [2.75, 3.05) is 0 Å². The Labute approximate surface area is 116 Å². The van der Waals surface area contributed by atoms with Crippen LogP contribution in [-0.2, 0) is 13.0 Å². The van der Waals surface area contributed by atoms with E-state index < -0.39 is 17.7 Å². The number of aryl methyl sites for hydroxylation is 3. The molecule has 0 aliphatic rings. The Morgan fingerprint density at radius 2 is 1.90 bits per heavy atom. The highest BCUT2D eigenvalue weighted by Gasteiger charge is 2.18. The number of aromatic nitrogens is 2. The highest BCUT2D eigenvalue weighted by atomic mass is 19.1. The lowest BCUT2D eigenvalue weighted by molar-refractivity contribution is 0.170. The molecular formula is C15H18F2N2O. The molecule has 1 N–H and O–H groups in total. The zero-order chi connectivity index (χ0) is 14.9. The van der Waals surface area contributed by atoms with E-state index in [1.54, 1.807) is 11.6 Å². The van der Waals surface area contributed by atoms with Gasteiger partial charge in [-0.1, -0.05) is 0 Å². The largest absolute Gasteiger partial charge is 0.388 e. The Balaban J connectivity index is 2.28. The van der Waals surface area contributed by atoms with Crippen molar-refractivity contribution in [1.29, 1.82) is 0 Å². The zero-order valence-electron chi connectivity index (χ0n) is 11.8. The fourth-order valence-electron chi connectivity index (χ4n) is 2.28. The number of rotatable bonds is 4. The summed E-state index contributed by atoms with van der Waals surface area (Å²) >= 11 is 0. The Bertz CT molecular complexity index is 623. The lowest BCUT2D eigenvalue weighted by Gasteiger charge is -2.14. The molecule has 2 rings (SSSR count). The molecule has 1 atom stereocenters. The molecule has 5 heteroatoms. The average molecular weight is 280 g/mol. The predicted molar refractivity (Wildman–Crippen MR) is 72.4 cm³/mol. The van der Waals surface area contributed by atoms with E-state index in [-0.39, 0.29) is 12.0 Å². The number of hydrogen-bond donors (Lipinski definition) is 1. The molecule has 0 aliphatic carbocycles. The minimum atomic E-state index is -1.02. The SMILES string of the molecule is CCn1nc(C)cc1CC(O)c1cc(C)c(F)cc1F. The van der Waals surface area contributed by atoms with Gasteiger partial charge in [-0.3, -0.25) is 4.68 Å². The standard InChI is InChI=1S/C15H18F2N2O/c1-4-19-11(6-10(3)18-19)7-15(20)12-5-9(2)13(16)8-14(12)17/h5-6,8,15,20H,4,7H2,1-3H3. The Morgan fingerprint density at radius 3 is 2.55 bits per heavy atom. The van der Waals surface area contributed by atoms with Gasteiger partial charge >= 0.3 is 0 Å². The van der Waals surface area contributed by atoms with Crippen LogP contribution in [0, 0.1) is 25.5 Å². The molecule has 108 valence electrons. The number of hydrogen-bond acceptors (Lipinski definition) is 2. The van der Waals surface area contributed by atoms with E-state index in [1.807, 2.05) is 19.9 Å². The number of benzene rings is 1. The lowest BCUT2D eigenvalue weighted by Crippen LogP contribution is -2.10. The van der Waals surface area contributed by atoms with Gasteiger partial charge in [-0.15, -0.1) is 0 Å². The van der Waals surface area contributed by atoms with E-state index in [0.717, 1.165) is 17.5 Å². The highest BCUT2D eigenvalue weighted by molar-refractivity contribution is 5.28. The van der Waals surface area contributed by atoms with Crippen LogP contribution in [0.15, 0.2) is 18.2 Å². The summed E-state index contributed by atoms with van der Waals surface area (Å²) in [6.45, 7) is 6.04. The fraction of sp³-hybridized carbons (Fsp3) is 0.400. The molecule has 0 aliphatic heterocycles. The third kappa shape index (κ3) is 2.88. The zero-order valence-corrected chi connectivity index (χ0v) is 11.8. The first-order valence-corrected chi connectivity index (χ1v) is 6.59. The second kappa shape index (κ2) is 5.71. The molecule has 2 aromatic rings. The van der Waals surface area contributed by atoms with Crippen molar-refractivity contribution >= 4 is 0 Å². The van der Waals surface area contributed by atoms with Gasteiger partial charge in [0, 0.05) is 30.3 Å². The maximum Gasteiger partial charge on any atom is 0.131 e. The topological polar surface area (TPSA) is 38.0 Å². The second-order valence-corrected chi connectivity index (χ2v) is 4.94. The average Bonchev–Trinajstić information content (AvgIpc) is 2.73. The van der Waals surface area contributed by atoms with Gasteiger partial charge in [-0.25, -0.2) is 8.78 Å². The van der Waals surface area contributed by atoms with Crippen molar-refractivity contribution in [3.05, 3.63) is 52.3 Å². The van der Waals surface area contributed by atoms with Crippen molar-refractivity contribution < 1.29 is 13.9 Å². The maximum atomic E-state index is 13.7. The summed E-state index contributed by atoms with van der Waals surface area (Å²) in [4.78, 5) is 0.